The first-order valence-corrected chi connectivity index (χ1v) is 6.94. The highest BCUT2D eigenvalue weighted by molar-refractivity contribution is 9.08. The van der Waals surface area contributed by atoms with Gasteiger partial charge in [0, 0.05) is 24.0 Å². The minimum atomic E-state index is -0.0240. The number of carbonyl (C=O) groups is 1. The van der Waals surface area contributed by atoms with Crippen molar-refractivity contribution in [2.45, 2.75) is 24.6 Å². The van der Waals surface area contributed by atoms with E-state index in [9.17, 15) is 4.79 Å². The number of hydrogen-bond acceptors (Lipinski definition) is 2. The Labute approximate surface area is 110 Å². The van der Waals surface area contributed by atoms with Crippen LogP contribution in [0.4, 0.5) is 0 Å². The lowest BCUT2D eigenvalue weighted by Gasteiger charge is -2.08. The molecule has 1 aromatic rings. The SMILES string of the molecule is O=C(NCCCCCO)c1ccccc1CBr. The molecule has 1 aromatic carbocycles. The third-order valence-electron chi connectivity index (χ3n) is 2.53. The molecule has 94 valence electrons. The fourth-order valence-corrected chi connectivity index (χ4v) is 2.06. The Kier molecular flexibility index (Phi) is 6.89. The fourth-order valence-electron chi connectivity index (χ4n) is 1.57. The Morgan fingerprint density at radius 2 is 2.00 bits per heavy atom. The van der Waals surface area contributed by atoms with Gasteiger partial charge < -0.3 is 10.4 Å². The van der Waals surface area contributed by atoms with Crippen LogP contribution in [0.15, 0.2) is 24.3 Å². The molecule has 0 saturated heterocycles. The van der Waals surface area contributed by atoms with Crippen LogP contribution in [0.3, 0.4) is 0 Å². The Balaban J connectivity index is 2.41. The van der Waals surface area contributed by atoms with Crippen molar-refractivity contribution >= 4 is 21.8 Å². The second-order valence-electron chi connectivity index (χ2n) is 3.83. The van der Waals surface area contributed by atoms with Crippen LogP contribution in [-0.2, 0) is 5.33 Å². The second-order valence-corrected chi connectivity index (χ2v) is 4.39. The number of rotatable bonds is 7. The van der Waals surface area contributed by atoms with E-state index >= 15 is 0 Å². The minimum Gasteiger partial charge on any atom is -0.396 e. The van der Waals surface area contributed by atoms with E-state index in [-0.39, 0.29) is 12.5 Å². The Morgan fingerprint density at radius 1 is 1.24 bits per heavy atom. The lowest BCUT2D eigenvalue weighted by Crippen LogP contribution is -2.25. The third-order valence-corrected chi connectivity index (χ3v) is 3.13. The van der Waals surface area contributed by atoms with Gasteiger partial charge in [0.05, 0.1) is 0 Å². The maximum atomic E-state index is 11.9. The molecule has 4 heteroatoms. The number of halogens is 1. The molecule has 0 radical (unpaired) electrons. The molecule has 3 nitrogen and oxygen atoms in total. The van der Waals surface area contributed by atoms with Gasteiger partial charge in [-0.15, -0.1) is 0 Å². The van der Waals surface area contributed by atoms with Gasteiger partial charge in [-0.05, 0) is 30.9 Å². The number of aliphatic hydroxyl groups excluding tert-OH is 1. The van der Waals surface area contributed by atoms with Gasteiger partial charge in [0.1, 0.15) is 0 Å². The molecule has 0 fully saturated rings. The molecular formula is C13H18BrNO2. The molecule has 2 N–H and O–H groups in total. The maximum Gasteiger partial charge on any atom is 0.251 e. The van der Waals surface area contributed by atoms with Crippen LogP contribution in [0.25, 0.3) is 0 Å². The molecule has 0 heterocycles. The van der Waals surface area contributed by atoms with Gasteiger partial charge in [0.15, 0.2) is 0 Å². The average Bonchev–Trinajstić information content (AvgIpc) is 2.38. The van der Waals surface area contributed by atoms with Crippen LogP contribution in [0.2, 0.25) is 0 Å². The zero-order valence-corrected chi connectivity index (χ0v) is 11.4. The number of amides is 1. The van der Waals surface area contributed by atoms with Gasteiger partial charge in [-0.1, -0.05) is 34.1 Å². The number of hydrogen-bond donors (Lipinski definition) is 2. The van der Waals surface area contributed by atoms with Crippen molar-refractivity contribution in [1.82, 2.24) is 5.32 Å². The van der Waals surface area contributed by atoms with E-state index in [1.165, 1.54) is 0 Å². The van der Waals surface area contributed by atoms with Gasteiger partial charge in [0.25, 0.3) is 5.91 Å². The highest BCUT2D eigenvalue weighted by atomic mass is 79.9. The number of alkyl halides is 1. The number of aliphatic hydroxyl groups is 1. The molecule has 17 heavy (non-hydrogen) atoms. The number of benzene rings is 1. The summed E-state index contributed by atoms with van der Waals surface area (Å²) in [6.45, 7) is 0.885. The minimum absolute atomic E-state index is 0.0240. The number of carbonyl (C=O) groups excluding carboxylic acids is 1. The molecule has 0 atom stereocenters. The summed E-state index contributed by atoms with van der Waals surface area (Å²) in [6, 6.07) is 7.57. The first kappa shape index (κ1) is 14.2. The molecule has 0 aliphatic carbocycles. The molecule has 0 saturated carbocycles. The van der Waals surface area contributed by atoms with E-state index in [4.69, 9.17) is 5.11 Å². The molecule has 0 bridgehead atoms. The maximum absolute atomic E-state index is 11.9. The standard InChI is InChI=1S/C13H18BrNO2/c14-10-11-6-2-3-7-12(11)13(17)15-8-4-1-5-9-16/h2-3,6-7,16H,1,4-5,8-10H2,(H,15,17). The van der Waals surface area contributed by atoms with Crippen molar-refractivity contribution in [2.24, 2.45) is 0 Å². The van der Waals surface area contributed by atoms with Crippen LogP contribution in [0.1, 0.15) is 35.2 Å². The Bertz CT molecular complexity index is 355. The molecule has 0 aromatic heterocycles. The van der Waals surface area contributed by atoms with Crippen molar-refractivity contribution in [2.75, 3.05) is 13.2 Å². The van der Waals surface area contributed by atoms with Crippen LogP contribution in [0, 0.1) is 0 Å². The van der Waals surface area contributed by atoms with Crippen LogP contribution < -0.4 is 5.32 Å². The molecular weight excluding hydrogens is 282 g/mol. The summed E-state index contributed by atoms with van der Waals surface area (Å²) in [4.78, 5) is 11.9. The lowest BCUT2D eigenvalue weighted by molar-refractivity contribution is 0.0952. The molecule has 1 amide bonds. The summed E-state index contributed by atoms with van der Waals surface area (Å²) >= 11 is 3.37. The van der Waals surface area contributed by atoms with Crippen LogP contribution >= 0.6 is 15.9 Å². The normalized spacial score (nSPS) is 10.2. The number of unbranched alkanes of at least 4 members (excludes halogenated alkanes) is 2. The second kappa shape index (κ2) is 8.25. The molecule has 0 spiro atoms. The largest absolute Gasteiger partial charge is 0.396 e. The van der Waals surface area contributed by atoms with Crippen LogP contribution in [-0.4, -0.2) is 24.2 Å². The number of nitrogens with one attached hydrogen (secondary N) is 1. The van der Waals surface area contributed by atoms with Crippen LogP contribution in [0.5, 0.6) is 0 Å². The summed E-state index contributed by atoms with van der Waals surface area (Å²) in [7, 11) is 0. The zero-order valence-electron chi connectivity index (χ0n) is 9.79. The van der Waals surface area contributed by atoms with E-state index in [0.29, 0.717) is 11.9 Å². The monoisotopic (exact) mass is 299 g/mol. The summed E-state index contributed by atoms with van der Waals surface area (Å²) in [5.41, 5.74) is 1.73. The predicted molar refractivity (Wildman–Crippen MR) is 72.3 cm³/mol. The fraction of sp³-hybridized carbons (Fsp3) is 0.462. The highest BCUT2D eigenvalue weighted by Crippen LogP contribution is 2.12. The smallest absolute Gasteiger partial charge is 0.251 e. The zero-order chi connectivity index (χ0) is 12.5. The Hall–Kier alpha value is -0.870. The van der Waals surface area contributed by atoms with E-state index in [0.717, 1.165) is 30.4 Å². The molecule has 0 unspecified atom stereocenters. The quantitative estimate of drug-likeness (QED) is 0.600. The van der Waals surface area contributed by atoms with E-state index in [2.05, 4.69) is 21.2 Å². The first-order valence-electron chi connectivity index (χ1n) is 5.82. The topological polar surface area (TPSA) is 49.3 Å². The van der Waals surface area contributed by atoms with E-state index < -0.39 is 0 Å². The molecule has 1 rings (SSSR count). The summed E-state index contributed by atoms with van der Waals surface area (Å²) < 4.78 is 0. The highest BCUT2D eigenvalue weighted by Gasteiger charge is 2.08. The summed E-state index contributed by atoms with van der Waals surface area (Å²) in [6.07, 6.45) is 2.65. The summed E-state index contributed by atoms with van der Waals surface area (Å²) in [5.74, 6) is -0.0240. The van der Waals surface area contributed by atoms with Crippen molar-refractivity contribution in [1.29, 1.82) is 0 Å². The Morgan fingerprint density at radius 3 is 2.71 bits per heavy atom. The van der Waals surface area contributed by atoms with E-state index in [1.807, 2.05) is 24.3 Å². The predicted octanol–water partition coefficient (Wildman–Crippen LogP) is 2.47. The van der Waals surface area contributed by atoms with E-state index in [1.54, 1.807) is 0 Å². The van der Waals surface area contributed by atoms with Crippen molar-refractivity contribution < 1.29 is 9.90 Å². The summed E-state index contributed by atoms with van der Waals surface area (Å²) in [5, 5.41) is 12.2. The van der Waals surface area contributed by atoms with Gasteiger partial charge in [0.2, 0.25) is 0 Å². The molecule has 0 aliphatic rings. The van der Waals surface area contributed by atoms with Gasteiger partial charge in [-0.25, -0.2) is 0 Å². The van der Waals surface area contributed by atoms with Gasteiger partial charge in [-0.2, -0.15) is 0 Å². The van der Waals surface area contributed by atoms with Crippen molar-refractivity contribution in [3.05, 3.63) is 35.4 Å². The van der Waals surface area contributed by atoms with Gasteiger partial charge in [-0.3, -0.25) is 4.79 Å². The molecule has 0 aliphatic heterocycles. The third kappa shape index (κ3) is 4.88. The first-order chi connectivity index (χ1) is 8.29. The average molecular weight is 300 g/mol. The lowest BCUT2D eigenvalue weighted by atomic mass is 10.1. The van der Waals surface area contributed by atoms with Crippen molar-refractivity contribution in [3.63, 3.8) is 0 Å². The van der Waals surface area contributed by atoms with Gasteiger partial charge >= 0.3 is 0 Å². The van der Waals surface area contributed by atoms with Crippen molar-refractivity contribution in [3.8, 4) is 0 Å².